The lowest BCUT2D eigenvalue weighted by Crippen LogP contribution is -2.68. The number of carbonyl (C=O) groups excluding carboxylic acids is 1. The van der Waals surface area contributed by atoms with E-state index in [9.17, 15) is 9.90 Å². The fraction of sp³-hybridized carbons (Fsp3) is 0.156. The molecule has 88 heavy (non-hydrogen) atoms. The second-order valence-corrected chi connectivity index (χ2v) is 22.4. The number of anilines is 2. The summed E-state index contributed by atoms with van der Waals surface area (Å²) in [5.41, 5.74) is 20.0. The molecule has 14 rings (SSSR count). The Balaban J connectivity index is 0.804. The maximum atomic E-state index is 14.6. The van der Waals surface area contributed by atoms with Crippen molar-refractivity contribution in [1.82, 2.24) is 9.80 Å². The number of hydrogen-bond acceptors (Lipinski definition) is 9. The van der Waals surface area contributed by atoms with Gasteiger partial charge in [0.15, 0.2) is 5.88 Å². The maximum absolute atomic E-state index is 14.6. The number of aliphatic hydroxyl groups is 1. The second kappa shape index (κ2) is 23.7. The first-order valence-electron chi connectivity index (χ1n) is 30.7. The van der Waals surface area contributed by atoms with Gasteiger partial charge in [-0.3, -0.25) is 4.79 Å². The van der Waals surface area contributed by atoms with Crippen LogP contribution >= 0.6 is 0 Å². The molecule has 432 valence electrons. The van der Waals surface area contributed by atoms with E-state index in [1.807, 2.05) is 82.6 Å². The standard InChI is InChI=1S/C77H66N8O3/c1-5-82(6-2)55-32-34-59-69(48-55)88-70-49-56(83(7-3)8-4)33-35-60(70)75(59)57-26-18-19-27-58(57)77(87)85-46-44-84(45-47-85)76(86)54-30-28-53(29-31-54)74-67-42-40-65(80-67)72(51-22-14-10-15-23-51)63-38-36-61(78-63)71(50-20-12-9-13-21-50)62-37-39-64(79-62)73(52-24-16-11-17-25-52)66-41-43-68(74)81-66/h9-43,48-49,87H,5-8,44-47H2,1-4H3/p+1. The van der Waals surface area contributed by atoms with Crippen LogP contribution in [0.15, 0.2) is 262 Å². The summed E-state index contributed by atoms with van der Waals surface area (Å²) in [6, 6.07) is 60.1. The lowest BCUT2D eigenvalue weighted by Gasteiger charge is -2.35. The molecule has 7 aliphatic rings. The molecule has 11 nitrogen and oxygen atoms in total. The van der Waals surface area contributed by atoms with E-state index in [0.717, 1.165) is 166 Å². The van der Waals surface area contributed by atoms with Crippen molar-refractivity contribution in [2.24, 2.45) is 15.0 Å². The molecule has 0 aliphatic carbocycles. The van der Waals surface area contributed by atoms with Crippen LogP contribution in [-0.4, -0.2) is 96.0 Å². The first kappa shape index (κ1) is 55.2. The number of nitrogens with zero attached hydrogens (tertiary/aromatic N) is 7. The van der Waals surface area contributed by atoms with Crippen molar-refractivity contribution in [1.29, 1.82) is 0 Å². The molecule has 0 atom stereocenters. The molecule has 7 aromatic carbocycles. The van der Waals surface area contributed by atoms with E-state index >= 15 is 0 Å². The first-order chi connectivity index (χ1) is 43.3. The van der Waals surface area contributed by atoms with Crippen LogP contribution in [0.25, 0.3) is 33.7 Å². The summed E-state index contributed by atoms with van der Waals surface area (Å²) in [6.07, 6.45) is 16.8. The molecule has 2 N–H and O–H groups in total. The van der Waals surface area contributed by atoms with Gasteiger partial charge in [0.25, 0.3) is 5.91 Å². The summed E-state index contributed by atoms with van der Waals surface area (Å²) in [5.74, 6) is 1.68. The highest BCUT2D eigenvalue weighted by Gasteiger charge is 2.32. The zero-order chi connectivity index (χ0) is 59.8. The minimum absolute atomic E-state index is 0.0700. The molecule has 7 heterocycles. The Morgan fingerprint density at radius 3 is 1.43 bits per heavy atom. The summed E-state index contributed by atoms with van der Waals surface area (Å²) in [5, 5.41) is 14.1. The molecule has 7 aromatic rings. The van der Waals surface area contributed by atoms with Crippen molar-refractivity contribution in [2.45, 2.75) is 27.7 Å². The van der Waals surface area contributed by atoms with Crippen molar-refractivity contribution >= 4 is 73.9 Å². The molecule has 1 amide bonds. The van der Waals surface area contributed by atoms with Crippen LogP contribution in [0.1, 0.15) is 71.4 Å². The molecule has 11 heteroatoms. The average Bonchev–Trinajstić information content (AvgIpc) is 1.25. The molecule has 0 unspecified atom stereocenters. The van der Waals surface area contributed by atoms with Gasteiger partial charge in [0.1, 0.15) is 11.5 Å². The molecular weight excluding hydrogens is 1080 g/mol. The average molecular weight is 1150 g/mol. The van der Waals surface area contributed by atoms with Gasteiger partial charge in [0, 0.05) is 127 Å². The van der Waals surface area contributed by atoms with Crippen LogP contribution < -0.4 is 30.0 Å². The third-order valence-electron chi connectivity index (χ3n) is 17.5. The van der Waals surface area contributed by atoms with Gasteiger partial charge in [-0.25, -0.2) is 20.0 Å². The molecule has 0 aromatic heterocycles. The van der Waals surface area contributed by atoms with Gasteiger partial charge in [0.05, 0.1) is 45.4 Å². The number of rotatable bonds is 12. The molecule has 0 radical (unpaired) electrons. The predicted octanol–water partition coefficient (Wildman–Crippen LogP) is 11.9. The number of aliphatic hydroxyl groups excluding tert-OH is 1. The van der Waals surface area contributed by atoms with Crippen LogP contribution in [0.5, 0.6) is 11.5 Å². The number of carbonyl (C=O) groups is 1. The highest BCUT2D eigenvalue weighted by Crippen LogP contribution is 2.46. The van der Waals surface area contributed by atoms with Crippen LogP contribution in [0.4, 0.5) is 11.4 Å². The van der Waals surface area contributed by atoms with Crippen LogP contribution in [0, 0.1) is 0 Å². The van der Waals surface area contributed by atoms with Crippen molar-refractivity contribution in [3.05, 3.63) is 297 Å². The summed E-state index contributed by atoms with van der Waals surface area (Å²) < 4.78 is 6.82. The van der Waals surface area contributed by atoms with Gasteiger partial charge < -0.3 is 29.4 Å². The van der Waals surface area contributed by atoms with E-state index < -0.39 is 0 Å². The van der Waals surface area contributed by atoms with Gasteiger partial charge in [-0.15, -0.1) is 0 Å². The van der Waals surface area contributed by atoms with Crippen LogP contribution in [0.2, 0.25) is 0 Å². The third kappa shape index (κ3) is 10.2. The summed E-state index contributed by atoms with van der Waals surface area (Å²) in [4.78, 5) is 43.3. The van der Waals surface area contributed by atoms with E-state index in [2.05, 4.69) is 194 Å². The van der Waals surface area contributed by atoms with Crippen LogP contribution in [0.3, 0.4) is 0 Å². The van der Waals surface area contributed by atoms with Crippen molar-refractivity contribution in [3.8, 4) is 11.5 Å². The highest BCUT2D eigenvalue weighted by molar-refractivity contribution is 6.38. The van der Waals surface area contributed by atoms with Crippen molar-refractivity contribution in [3.63, 3.8) is 0 Å². The van der Waals surface area contributed by atoms with Gasteiger partial charge in [0.2, 0.25) is 11.4 Å². The Morgan fingerprint density at radius 2 is 0.909 bits per heavy atom. The quantitative estimate of drug-likeness (QED) is 0.126. The SMILES string of the molecule is CCN(CC)c1ccc2c(c1)Oc1cc(N(CC)CC)ccc1C2=c1ccccc1=C(O)N1CCN(C(=O)c2ccc(C3=C4C=CC(=N4)C(c4ccccc4)=C4C=CC(=N4)C(c4ccccc4)=C4C=CC(=[NH+]4)C(c4ccccc4)=C4C=CC3=N4)cc2)CC1. The zero-order valence-corrected chi connectivity index (χ0v) is 49.9. The van der Waals surface area contributed by atoms with Crippen LogP contribution in [-0.2, 0) is 0 Å². The number of piperazine rings is 1. The third-order valence-corrected chi connectivity index (χ3v) is 17.5. The Kier molecular flexibility index (Phi) is 14.9. The Hall–Kier alpha value is -10.7. The van der Waals surface area contributed by atoms with E-state index in [1.165, 1.54) is 0 Å². The molecule has 0 saturated carbocycles. The van der Waals surface area contributed by atoms with E-state index in [-0.39, 0.29) is 11.8 Å². The molecule has 8 bridgehead atoms. The topological polar surface area (TPSA) is 111 Å². The number of amides is 1. The molecule has 0 spiro atoms. The number of aliphatic imine (C=N–C) groups is 3. The Morgan fingerprint density at radius 1 is 0.466 bits per heavy atom. The van der Waals surface area contributed by atoms with Crippen molar-refractivity contribution in [2.75, 3.05) is 62.2 Å². The number of benzene rings is 7. The maximum Gasteiger partial charge on any atom is 0.253 e. The summed E-state index contributed by atoms with van der Waals surface area (Å²) in [6.45, 7) is 13.9. The highest BCUT2D eigenvalue weighted by atomic mass is 16.5. The lowest BCUT2D eigenvalue weighted by atomic mass is 9.90. The summed E-state index contributed by atoms with van der Waals surface area (Å²) in [7, 11) is 0. The zero-order valence-electron chi connectivity index (χ0n) is 49.9. The Bertz CT molecular complexity index is 4420. The normalized spacial score (nSPS) is 16.8. The predicted molar refractivity (Wildman–Crippen MR) is 359 cm³/mol. The minimum Gasteiger partial charge on any atom is -0.494 e. The number of allylic oxidation sites excluding steroid dienone is 12. The van der Waals surface area contributed by atoms with E-state index in [1.54, 1.807) is 0 Å². The number of hydrogen-bond donors (Lipinski definition) is 2. The fourth-order valence-electron chi connectivity index (χ4n) is 13.0. The molecule has 1 fully saturated rings. The number of nitrogens with one attached hydrogen (secondary N) is 1. The lowest BCUT2D eigenvalue weighted by molar-refractivity contribution is -0.383. The smallest absolute Gasteiger partial charge is 0.253 e. The second-order valence-electron chi connectivity index (χ2n) is 22.4. The largest absolute Gasteiger partial charge is 0.494 e. The van der Waals surface area contributed by atoms with Gasteiger partial charge in [-0.05, 0) is 134 Å². The fourth-order valence-corrected chi connectivity index (χ4v) is 13.0. The molecule has 7 aliphatic heterocycles. The molecule has 1 saturated heterocycles. The number of ether oxygens (including phenoxy) is 1. The number of fused-ring (bicyclic) bond motifs is 6. The van der Waals surface area contributed by atoms with Gasteiger partial charge >= 0.3 is 0 Å². The van der Waals surface area contributed by atoms with E-state index in [4.69, 9.17) is 19.7 Å². The van der Waals surface area contributed by atoms with Gasteiger partial charge in [-0.2, -0.15) is 0 Å². The first-order valence-corrected chi connectivity index (χ1v) is 30.7. The van der Waals surface area contributed by atoms with Gasteiger partial charge in [-0.1, -0.05) is 121 Å². The minimum atomic E-state index is -0.0700. The molecular formula is C77H67N8O3+. The van der Waals surface area contributed by atoms with Crippen molar-refractivity contribution < 1.29 is 19.6 Å². The monoisotopic (exact) mass is 1150 g/mol. The summed E-state index contributed by atoms with van der Waals surface area (Å²) >= 11 is 0. The Labute approximate surface area is 513 Å². The van der Waals surface area contributed by atoms with E-state index in [0.29, 0.717) is 31.7 Å².